The van der Waals surface area contributed by atoms with Crippen molar-refractivity contribution in [3.63, 3.8) is 0 Å². The van der Waals surface area contributed by atoms with Crippen LogP contribution < -0.4 is 10.1 Å². The highest BCUT2D eigenvalue weighted by Crippen LogP contribution is 2.28. The highest BCUT2D eigenvalue weighted by molar-refractivity contribution is 5.88. The van der Waals surface area contributed by atoms with Gasteiger partial charge in [0.25, 0.3) is 0 Å². The molecule has 3 rings (SSSR count). The molecule has 0 heterocycles. The standard InChI is InChI=1S/C29H31FN2O4/c1-4-20-6-5-19(13-26(20)30)15-29(2,3)32-17-25(33)18-36-27-14-23(11-12-24(27)16-31)21-7-9-22(10-8-21)28(34)35/h5-14,25,32-33H,4,15,17-18H2,1-3H3,(H,34,35)/t25-/m1/s1. The maximum Gasteiger partial charge on any atom is 0.335 e. The minimum absolute atomic E-state index is 0.0288. The van der Waals surface area contributed by atoms with Gasteiger partial charge in [0.1, 0.15) is 30.3 Å². The summed E-state index contributed by atoms with van der Waals surface area (Å²) in [5.74, 6) is -0.868. The van der Waals surface area contributed by atoms with E-state index in [4.69, 9.17) is 9.84 Å². The van der Waals surface area contributed by atoms with Crippen molar-refractivity contribution in [2.45, 2.75) is 45.3 Å². The van der Waals surface area contributed by atoms with Crippen LogP contribution in [0.2, 0.25) is 0 Å². The first-order valence-corrected chi connectivity index (χ1v) is 11.8. The summed E-state index contributed by atoms with van der Waals surface area (Å²) in [6.07, 6.45) is 0.393. The number of carboxylic acid groups (broad SMARTS) is 1. The Bertz CT molecular complexity index is 1250. The number of nitrogens with zero attached hydrogens (tertiary/aromatic N) is 1. The van der Waals surface area contributed by atoms with Crippen LogP contribution in [0, 0.1) is 17.1 Å². The van der Waals surface area contributed by atoms with Gasteiger partial charge in [-0.1, -0.05) is 37.3 Å². The number of carbonyl (C=O) groups is 1. The summed E-state index contributed by atoms with van der Waals surface area (Å²) in [6, 6.07) is 18.9. The molecule has 0 aliphatic heterocycles. The molecule has 3 N–H and O–H groups in total. The molecule has 0 saturated carbocycles. The molecule has 0 amide bonds. The summed E-state index contributed by atoms with van der Waals surface area (Å²) in [5.41, 5.74) is 3.23. The van der Waals surface area contributed by atoms with Gasteiger partial charge < -0.3 is 20.3 Å². The molecule has 0 bridgehead atoms. The van der Waals surface area contributed by atoms with Crippen LogP contribution in [0.3, 0.4) is 0 Å². The molecule has 0 saturated heterocycles. The Morgan fingerprint density at radius 1 is 1.11 bits per heavy atom. The predicted octanol–water partition coefficient (Wildman–Crippen LogP) is 4.98. The minimum Gasteiger partial charge on any atom is -0.489 e. The molecule has 0 spiro atoms. The van der Waals surface area contributed by atoms with Crippen LogP contribution in [0.1, 0.15) is 47.8 Å². The van der Waals surface area contributed by atoms with E-state index >= 15 is 0 Å². The normalized spacial score (nSPS) is 12.1. The third-order valence-electron chi connectivity index (χ3n) is 5.96. The Labute approximate surface area is 211 Å². The lowest BCUT2D eigenvalue weighted by atomic mass is 9.93. The van der Waals surface area contributed by atoms with Gasteiger partial charge >= 0.3 is 5.97 Å². The number of aromatic carboxylic acids is 1. The summed E-state index contributed by atoms with van der Waals surface area (Å²) in [7, 11) is 0. The molecule has 0 aliphatic carbocycles. The van der Waals surface area contributed by atoms with E-state index in [9.17, 15) is 19.6 Å². The maximum atomic E-state index is 14.1. The lowest BCUT2D eigenvalue weighted by Crippen LogP contribution is -2.46. The number of benzene rings is 3. The molecule has 0 radical (unpaired) electrons. The van der Waals surface area contributed by atoms with Crippen LogP contribution in [0.25, 0.3) is 11.1 Å². The topological polar surface area (TPSA) is 103 Å². The molecular weight excluding hydrogens is 459 g/mol. The molecule has 6 nitrogen and oxygen atoms in total. The second-order valence-corrected chi connectivity index (χ2v) is 9.39. The number of aliphatic hydroxyl groups is 1. The summed E-state index contributed by atoms with van der Waals surface area (Å²) in [5, 5.41) is 32.3. The smallest absolute Gasteiger partial charge is 0.335 e. The minimum atomic E-state index is -1.00. The van der Waals surface area contributed by atoms with Gasteiger partial charge in [-0.15, -0.1) is 0 Å². The quantitative estimate of drug-likeness (QED) is 0.351. The molecule has 3 aromatic rings. The summed E-state index contributed by atoms with van der Waals surface area (Å²) in [6.45, 7) is 6.11. The zero-order chi connectivity index (χ0) is 26.3. The van der Waals surface area contributed by atoms with E-state index < -0.39 is 12.1 Å². The number of ether oxygens (including phenoxy) is 1. The Balaban J connectivity index is 1.60. The number of halogens is 1. The lowest BCUT2D eigenvalue weighted by Gasteiger charge is -2.28. The van der Waals surface area contributed by atoms with Crippen LogP contribution >= 0.6 is 0 Å². The summed E-state index contributed by atoms with van der Waals surface area (Å²) >= 11 is 0. The zero-order valence-electron chi connectivity index (χ0n) is 20.7. The van der Waals surface area contributed by atoms with Crippen molar-refractivity contribution in [3.05, 3.63) is 88.7 Å². The number of hydrogen-bond acceptors (Lipinski definition) is 5. The van der Waals surface area contributed by atoms with Crippen molar-refractivity contribution in [2.24, 2.45) is 0 Å². The Kier molecular flexibility index (Phi) is 8.81. The maximum absolute atomic E-state index is 14.1. The lowest BCUT2D eigenvalue weighted by molar-refractivity contribution is 0.0697. The Morgan fingerprint density at radius 2 is 1.81 bits per heavy atom. The fraction of sp³-hybridized carbons (Fsp3) is 0.310. The van der Waals surface area contributed by atoms with Gasteiger partial charge in [-0.2, -0.15) is 5.26 Å². The van der Waals surface area contributed by atoms with E-state index in [2.05, 4.69) is 11.4 Å². The number of β-amino-alcohol motifs (C(OH)–C–C–N with tert-alkyl or cyclic N) is 1. The van der Waals surface area contributed by atoms with Gasteiger partial charge in [-0.05, 0) is 79.3 Å². The number of hydrogen-bond donors (Lipinski definition) is 3. The van der Waals surface area contributed by atoms with Gasteiger partial charge in [0, 0.05) is 12.1 Å². The van der Waals surface area contributed by atoms with E-state index in [1.54, 1.807) is 36.4 Å². The Morgan fingerprint density at radius 3 is 2.42 bits per heavy atom. The van der Waals surface area contributed by atoms with Gasteiger partial charge in [-0.3, -0.25) is 0 Å². The van der Waals surface area contributed by atoms with E-state index in [0.717, 1.165) is 16.7 Å². The molecule has 7 heteroatoms. The van der Waals surface area contributed by atoms with Gasteiger partial charge in [-0.25, -0.2) is 9.18 Å². The van der Waals surface area contributed by atoms with Crippen molar-refractivity contribution in [1.82, 2.24) is 5.32 Å². The fourth-order valence-corrected chi connectivity index (χ4v) is 3.92. The first-order chi connectivity index (χ1) is 17.1. The molecule has 188 valence electrons. The van der Waals surface area contributed by atoms with Crippen LogP contribution in [-0.4, -0.2) is 41.0 Å². The van der Waals surface area contributed by atoms with Gasteiger partial charge in [0.2, 0.25) is 0 Å². The SMILES string of the molecule is CCc1ccc(CC(C)(C)NC[C@@H](O)COc2cc(-c3ccc(C(=O)O)cc3)ccc2C#N)cc1F. The average Bonchev–Trinajstić information content (AvgIpc) is 2.86. The molecule has 3 aromatic carbocycles. The molecular formula is C29H31FN2O4. The highest BCUT2D eigenvalue weighted by Gasteiger charge is 2.20. The van der Waals surface area contributed by atoms with Crippen LogP contribution in [0.5, 0.6) is 5.75 Å². The Hall–Kier alpha value is -3.73. The molecule has 0 aromatic heterocycles. The van der Waals surface area contributed by atoms with Gasteiger partial charge in [0.05, 0.1) is 11.1 Å². The van der Waals surface area contributed by atoms with Crippen LogP contribution in [0.15, 0.2) is 60.7 Å². The van der Waals surface area contributed by atoms with Crippen LogP contribution in [0.4, 0.5) is 4.39 Å². The van der Waals surface area contributed by atoms with Crippen molar-refractivity contribution < 1.29 is 24.1 Å². The molecule has 0 fully saturated rings. The van der Waals surface area contributed by atoms with Crippen molar-refractivity contribution in [3.8, 4) is 22.9 Å². The zero-order valence-corrected chi connectivity index (χ0v) is 20.7. The number of aryl methyl sites for hydroxylation is 1. The first-order valence-electron chi connectivity index (χ1n) is 11.8. The van der Waals surface area contributed by atoms with Crippen molar-refractivity contribution >= 4 is 5.97 Å². The predicted molar refractivity (Wildman–Crippen MR) is 137 cm³/mol. The van der Waals surface area contributed by atoms with E-state index in [1.807, 2.05) is 32.9 Å². The molecule has 36 heavy (non-hydrogen) atoms. The number of nitriles is 1. The monoisotopic (exact) mass is 490 g/mol. The second-order valence-electron chi connectivity index (χ2n) is 9.39. The average molecular weight is 491 g/mol. The molecule has 0 unspecified atom stereocenters. The number of nitrogens with one attached hydrogen (secondary N) is 1. The van der Waals surface area contributed by atoms with Crippen LogP contribution in [-0.2, 0) is 12.8 Å². The largest absolute Gasteiger partial charge is 0.489 e. The second kappa shape index (κ2) is 11.8. The highest BCUT2D eigenvalue weighted by atomic mass is 19.1. The van der Waals surface area contributed by atoms with Crippen molar-refractivity contribution in [1.29, 1.82) is 5.26 Å². The number of carboxylic acids is 1. The van der Waals surface area contributed by atoms with Crippen molar-refractivity contribution in [2.75, 3.05) is 13.2 Å². The summed E-state index contributed by atoms with van der Waals surface area (Å²) in [4.78, 5) is 11.1. The van der Waals surface area contributed by atoms with Gasteiger partial charge in [0.15, 0.2) is 0 Å². The molecule has 1 atom stereocenters. The third kappa shape index (κ3) is 7.14. The third-order valence-corrected chi connectivity index (χ3v) is 5.96. The van der Waals surface area contributed by atoms with E-state index in [0.29, 0.717) is 29.7 Å². The first kappa shape index (κ1) is 26.9. The fourth-order valence-electron chi connectivity index (χ4n) is 3.92. The van der Waals surface area contributed by atoms with E-state index in [1.165, 1.54) is 12.1 Å². The summed E-state index contributed by atoms with van der Waals surface area (Å²) < 4.78 is 19.9. The molecule has 0 aliphatic rings. The van der Waals surface area contributed by atoms with E-state index in [-0.39, 0.29) is 30.1 Å². The number of aliphatic hydroxyl groups excluding tert-OH is 1. The number of rotatable bonds is 11.